The summed E-state index contributed by atoms with van der Waals surface area (Å²) in [5.41, 5.74) is 1.24. The number of nitrogens with zero attached hydrogens (tertiary/aromatic N) is 1. The van der Waals surface area contributed by atoms with Crippen LogP contribution in [-0.4, -0.2) is 41.5 Å². The number of anilines is 2. The second kappa shape index (κ2) is 8.45. The van der Waals surface area contributed by atoms with Crippen molar-refractivity contribution < 1.29 is 14.4 Å². The zero-order valence-electron chi connectivity index (χ0n) is 14.6. The lowest BCUT2D eigenvalue weighted by atomic mass is 10.2. The third kappa shape index (κ3) is 4.81. The largest absolute Gasteiger partial charge is 0.336 e. The van der Waals surface area contributed by atoms with Gasteiger partial charge in [-0.3, -0.25) is 14.4 Å². The van der Waals surface area contributed by atoms with Crippen molar-refractivity contribution in [2.75, 3.05) is 24.2 Å². The molecule has 1 atom stereocenters. The van der Waals surface area contributed by atoms with E-state index in [1.165, 1.54) is 23.7 Å². The van der Waals surface area contributed by atoms with Crippen molar-refractivity contribution in [2.24, 2.45) is 0 Å². The monoisotopic (exact) mass is 403 g/mol. The zero-order chi connectivity index (χ0) is 19.4. The molecule has 1 heterocycles. The molecular formula is C19H18ClN3O3S. The molecule has 8 heteroatoms. The highest BCUT2D eigenvalue weighted by Crippen LogP contribution is 2.36. The summed E-state index contributed by atoms with van der Waals surface area (Å²) in [7, 11) is 1.54. The molecule has 27 heavy (non-hydrogen) atoms. The molecule has 6 nitrogen and oxygen atoms in total. The fourth-order valence-corrected chi connectivity index (χ4v) is 3.88. The number of benzene rings is 2. The molecule has 3 amide bonds. The van der Waals surface area contributed by atoms with E-state index in [1.807, 2.05) is 24.3 Å². The van der Waals surface area contributed by atoms with Crippen LogP contribution in [0.5, 0.6) is 0 Å². The van der Waals surface area contributed by atoms with Gasteiger partial charge in [0.2, 0.25) is 17.7 Å². The summed E-state index contributed by atoms with van der Waals surface area (Å²) in [6.07, 6.45) is 0.0146. The third-order valence-electron chi connectivity index (χ3n) is 4.02. The minimum Gasteiger partial charge on any atom is -0.336 e. The van der Waals surface area contributed by atoms with Crippen molar-refractivity contribution in [2.45, 2.75) is 16.6 Å². The summed E-state index contributed by atoms with van der Waals surface area (Å²) in [5, 5.41) is 5.38. The highest BCUT2D eigenvalue weighted by molar-refractivity contribution is 8.01. The van der Waals surface area contributed by atoms with Gasteiger partial charge < -0.3 is 15.5 Å². The maximum Gasteiger partial charge on any atom is 0.244 e. The van der Waals surface area contributed by atoms with E-state index in [0.29, 0.717) is 10.7 Å². The number of hydrogen-bond acceptors (Lipinski definition) is 4. The number of hydrogen-bond donors (Lipinski definition) is 2. The predicted octanol–water partition coefficient (Wildman–Crippen LogP) is 3.24. The van der Waals surface area contributed by atoms with Crippen LogP contribution in [0.4, 0.5) is 11.4 Å². The van der Waals surface area contributed by atoms with Crippen LogP contribution >= 0.6 is 23.4 Å². The van der Waals surface area contributed by atoms with Gasteiger partial charge >= 0.3 is 0 Å². The second-order valence-corrected chi connectivity index (χ2v) is 7.73. The van der Waals surface area contributed by atoms with Gasteiger partial charge in [0.15, 0.2) is 0 Å². The predicted molar refractivity (Wildman–Crippen MR) is 107 cm³/mol. The van der Waals surface area contributed by atoms with Crippen LogP contribution in [0.15, 0.2) is 53.4 Å². The average molecular weight is 404 g/mol. The van der Waals surface area contributed by atoms with E-state index in [1.54, 1.807) is 24.3 Å². The molecule has 2 aromatic carbocycles. The number of nitrogens with one attached hydrogen (secondary N) is 2. The van der Waals surface area contributed by atoms with Crippen LogP contribution in [-0.2, 0) is 14.4 Å². The molecule has 0 aromatic heterocycles. The summed E-state index contributed by atoms with van der Waals surface area (Å²) >= 11 is 7.37. The fourth-order valence-electron chi connectivity index (χ4n) is 2.60. The summed E-state index contributed by atoms with van der Waals surface area (Å²) in [4.78, 5) is 39.1. The Hall–Kier alpha value is -2.51. The maximum absolute atomic E-state index is 12.5. The van der Waals surface area contributed by atoms with Gasteiger partial charge in [0.25, 0.3) is 0 Å². The van der Waals surface area contributed by atoms with Gasteiger partial charge in [0.1, 0.15) is 0 Å². The topological polar surface area (TPSA) is 78.5 Å². The quantitative estimate of drug-likeness (QED) is 0.803. The van der Waals surface area contributed by atoms with Crippen LogP contribution in [0.25, 0.3) is 0 Å². The van der Waals surface area contributed by atoms with Crippen LogP contribution in [0.1, 0.15) is 6.42 Å². The number of carbonyl (C=O) groups excluding carboxylic acids is 3. The van der Waals surface area contributed by atoms with Crippen molar-refractivity contribution in [3.05, 3.63) is 53.6 Å². The van der Waals surface area contributed by atoms with Gasteiger partial charge in [-0.15, -0.1) is 11.8 Å². The first-order valence-corrected chi connectivity index (χ1v) is 9.54. The molecule has 0 radical (unpaired) electrons. The van der Waals surface area contributed by atoms with Gasteiger partial charge in [-0.2, -0.15) is 0 Å². The Kier molecular flexibility index (Phi) is 6.03. The van der Waals surface area contributed by atoms with Crippen molar-refractivity contribution in [3.8, 4) is 0 Å². The number of amides is 3. The number of fused-ring (bicyclic) bond motifs is 1. The summed E-state index contributed by atoms with van der Waals surface area (Å²) in [6, 6.07) is 14.3. The fraction of sp³-hybridized carbons (Fsp3) is 0.211. The number of para-hydroxylation sites is 2. The Labute approximate surface area is 166 Å². The standard InChI is InChI=1S/C19H18ClN3O3S/c1-23(11-17(24)21-13-7-3-2-6-12(13)20)18(25)10-16-19(26)22-14-8-4-5-9-15(14)27-16/h2-9,16H,10-11H2,1H3,(H,21,24)(H,22,26)/t16-/m0/s1. The van der Waals surface area contributed by atoms with E-state index >= 15 is 0 Å². The molecule has 140 valence electrons. The zero-order valence-corrected chi connectivity index (χ0v) is 16.1. The summed E-state index contributed by atoms with van der Waals surface area (Å²) in [6.45, 7) is -0.125. The molecule has 0 aliphatic carbocycles. The van der Waals surface area contributed by atoms with Gasteiger partial charge in [0, 0.05) is 18.4 Å². The molecule has 1 aliphatic rings. The molecule has 2 N–H and O–H groups in total. The molecule has 3 rings (SSSR count). The van der Waals surface area contributed by atoms with Crippen LogP contribution in [0.2, 0.25) is 5.02 Å². The first-order valence-electron chi connectivity index (χ1n) is 8.29. The van der Waals surface area contributed by atoms with Crippen molar-refractivity contribution in [1.82, 2.24) is 4.90 Å². The van der Waals surface area contributed by atoms with Gasteiger partial charge in [-0.25, -0.2) is 0 Å². The Balaban J connectivity index is 1.55. The Bertz CT molecular complexity index is 890. The SMILES string of the molecule is CN(CC(=O)Nc1ccccc1Cl)C(=O)C[C@@H]1Sc2ccccc2NC1=O. The molecule has 2 aromatic rings. The highest BCUT2D eigenvalue weighted by Gasteiger charge is 2.30. The van der Waals surface area contributed by atoms with Crippen LogP contribution < -0.4 is 10.6 Å². The molecule has 0 spiro atoms. The minimum absolute atomic E-state index is 0.0146. The van der Waals surface area contributed by atoms with E-state index in [2.05, 4.69) is 10.6 Å². The first kappa shape index (κ1) is 19.3. The number of halogens is 1. The number of thioether (sulfide) groups is 1. The molecular weight excluding hydrogens is 386 g/mol. The first-order chi connectivity index (χ1) is 12.9. The van der Waals surface area contributed by atoms with E-state index in [9.17, 15) is 14.4 Å². The average Bonchev–Trinajstić information content (AvgIpc) is 2.64. The van der Waals surface area contributed by atoms with E-state index in [-0.39, 0.29) is 30.7 Å². The van der Waals surface area contributed by atoms with Crippen LogP contribution in [0, 0.1) is 0 Å². The third-order valence-corrected chi connectivity index (χ3v) is 5.63. The Morgan fingerprint density at radius 3 is 2.67 bits per heavy atom. The van der Waals surface area contributed by atoms with Gasteiger partial charge in [0.05, 0.1) is 28.2 Å². The normalized spacial score (nSPS) is 15.5. The molecule has 0 bridgehead atoms. The smallest absolute Gasteiger partial charge is 0.244 e. The second-order valence-electron chi connectivity index (χ2n) is 6.07. The molecule has 0 fully saturated rings. The lowest BCUT2D eigenvalue weighted by molar-refractivity contribution is -0.134. The summed E-state index contributed by atoms with van der Waals surface area (Å²) in [5.74, 6) is -0.845. The van der Waals surface area contributed by atoms with Gasteiger partial charge in [-0.1, -0.05) is 35.9 Å². The van der Waals surface area contributed by atoms with Crippen molar-refractivity contribution in [1.29, 1.82) is 0 Å². The number of likely N-dealkylation sites (N-methyl/N-ethyl adjacent to an activating group) is 1. The van der Waals surface area contributed by atoms with E-state index in [0.717, 1.165) is 10.6 Å². The lowest BCUT2D eigenvalue weighted by Gasteiger charge is -2.25. The molecule has 0 unspecified atom stereocenters. The Morgan fingerprint density at radius 1 is 1.19 bits per heavy atom. The summed E-state index contributed by atoms with van der Waals surface area (Å²) < 4.78 is 0. The van der Waals surface area contributed by atoms with E-state index in [4.69, 9.17) is 11.6 Å². The molecule has 0 saturated carbocycles. The number of carbonyl (C=O) groups is 3. The van der Waals surface area contributed by atoms with E-state index < -0.39 is 5.25 Å². The molecule has 0 saturated heterocycles. The molecule has 1 aliphatic heterocycles. The highest BCUT2D eigenvalue weighted by atomic mass is 35.5. The Morgan fingerprint density at radius 2 is 1.89 bits per heavy atom. The number of rotatable bonds is 5. The van der Waals surface area contributed by atoms with Crippen molar-refractivity contribution in [3.63, 3.8) is 0 Å². The van der Waals surface area contributed by atoms with Crippen LogP contribution in [0.3, 0.4) is 0 Å². The minimum atomic E-state index is -0.526. The van der Waals surface area contributed by atoms with Gasteiger partial charge in [-0.05, 0) is 24.3 Å². The van der Waals surface area contributed by atoms with Crippen molar-refractivity contribution >= 4 is 52.5 Å². The maximum atomic E-state index is 12.5. The lowest BCUT2D eigenvalue weighted by Crippen LogP contribution is -2.39.